The van der Waals surface area contributed by atoms with E-state index in [1.807, 2.05) is 6.92 Å². The second-order valence-electron chi connectivity index (χ2n) is 4.79. The van der Waals surface area contributed by atoms with Crippen LogP contribution >= 0.6 is 0 Å². The largest absolute Gasteiger partial charge is 0.469 e. The summed E-state index contributed by atoms with van der Waals surface area (Å²) in [6, 6.07) is 3.48. The van der Waals surface area contributed by atoms with Crippen molar-refractivity contribution in [1.29, 1.82) is 0 Å². The van der Waals surface area contributed by atoms with Crippen LogP contribution in [-0.4, -0.2) is 13.1 Å². The van der Waals surface area contributed by atoms with E-state index in [0.717, 1.165) is 25.0 Å². The standard InChI is InChI=1S/C15H19F3O2/c1-4-5-6-13(14(19)20-3)12-8-7-11(9-10(12)2)15(16,17)18/h7-9,13H,4-6H2,1-3H3. The Bertz CT molecular complexity index is 467. The van der Waals surface area contributed by atoms with Crippen LogP contribution in [-0.2, 0) is 15.7 Å². The topological polar surface area (TPSA) is 26.3 Å². The zero-order valence-electron chi connectivity index (χ0n) is 11.9. The van der Waals surface area contributed by atoms with Gasteiger partial charge in [0.15, 0.2) is 0 Å². The Kier molecular flexibility index (Phi) is 5.60. The molecule has 0 aromatic heterocycles. The number of carbonyl (C=O) groups is 1. The Balaban J connectivity index is 3.11. The third-order valence-corrected chi connectivity index (χ3v) is 3.30. The Morgan fingerprint density at radius 1 is 1.35 bits per heavy atom. The van der Waals surface area contributed by atoms with Crippen LogP contribution in [0, 0.1) is 6.92 Å². The molecule has 0 heterocycles. The van der Waals surface area contributed by atoms with Gasteiger partial charge in [0.2, 0.25) is 0 Å². The Hall–Kier alpha value is -1.52. The molecule has 1 unspecified atom stereocenters. The van der Waals surface area contributed by atoms with Gasteiger partial charge in [-0.05, 0) is 36.6 Å². The van der Waals surface area contributed by atoms with Crippen molar-refractivity contribution in [1.82, 2.24) is 0 Å². The Morgan fingerprint density at radius 3 is 2.45 bits per heavy atom. The SMILES string of the molecule is CCCCC(C(=O)OC)c1ccc(C(F)(F)F)cc1C. The van der Waals surface area contributed by atoms with E-state index in [-0.39, 0.29) is 0 Å². The zero-order chi connectivity index (χ0) is 15.3. The van der Waals surface area contributed by atoms with Crippen LogP contribution < -0.4 is 0 Å². The summed E-state index contributed by atoms with van der Waals surface area (Å²) in [5.41, 5.74) is 0.377. The number of aryl methyl sites for hydroxylation is 1. The highest BCUT2D eigenvalue weighted by Crippen LogP contribution is 2.33. The second kappa shape index (κ2) is 6.77. The summed E-state index contributed by atoms with van der Waals surface area (Å²) in [6.07, 6.45) is -2.06. The summed E-state index contributed by atoms with van der Waals surface area (Å²) in [5, 5.41) is 0. The number of alkyl halides is 3. The van der Waals surface area contributed by atoms with Crippen molar-refractivity contribution in [2.24, 2.45) is 0 Å². The van der Waals surface area contributed by atoms with Crippen molar-refractivity contribution in [3.8, 4) is 0 Å². The van der Waals surface area contributed by atoms with Gasteiger partial charge < -0.3 is 4.74 Å². The average molecular weight is 288 g/mol. The lowest BCUT2D eigenvalue weighted by Crippen LogP contribution is -2.16. The molecule has 0 aliphatic heterocycles. The first-order valence-electron chi connectivity index (χ1n) is 6.56. The molecule has 0 radical (unpaired) electrons. The normalized spacial score (nSPS) is 13.1. The molecule has 0 bridgehead atoms. The van der Waals surface area contributed by atoms with Crippen molar-refractivity contribution in [2.75, 3.05) is 7.11 Å². The van der Waals surface area contributed by atoms with Crippen molar-refractivity contribution in [3.63, 3.8) is 0 Å². The molecule has 0 amide bonds. The number of esters is 1. The summed E-state index contributed by atoms with van der Waals surface area (Å²) in [7, 11) is 1.29. The molecule has 2 nitrogen and oxygen atoms in total. The average Bonchev–Trinajstić information content (AvgIpc) is 2.39. The van der Waals surface area contributed by atoms with Crippen molar-refractivity contribution in [3.05, 3.63) is 34.9 Å². The first-order valence-corrected chi connectivity index (χ1v) is 6.56. The highest BCUT2D eigenvalue weighted by atomic mass is 19.4. The van der Waals surface area contributed by atoms with Gasteiger partial charge in [-0.2, -0.15) is 13.2 Å². The molecule has 0 aliphatic carbocycles. The molecular weight excluding hydrogens is 269 g/mol. The number of hydrogen-bond acceptors (Lipinski definition) is 2. The fourth-order valence-corrected chi connectivity index (χ4v) is 2.19. The van der Waals surface area contributed by atoms with Gasteiger partial charge in [0.05, 0.1) is 18.6 Å². The molecule has 1 atom stereocenters. The lowest BCUT2D eigenvalue weighted by molar-refractivity contribution is -0.142. The van der Waals surface area contributed by atoms with E-state index in [1.165, 1.54) is 13.2 Å². The van der Waals surface area contributed by atoms with Gasteiger partial charge in [0.1, 0.15) is 0 Å². The molecule has 0 spiro atoms. The molecule has 0 fully saturated rings. The lowest BCUT2D eigenvalue weighted by atomic mass is 9.89. The molecule has 0 saturated carbocycles. The summed E-state index contributed by atoms with van der Waals surface area (Å²) in [5.74, 6) is -0.899. The predicted molar refractivity (Wildman–Crippen MR) is 70.5 cm³/mol. The van der Waals surface area contributed by atoms with Gasteiger partial charge in [-0.25, -0.2) is 0 Å². The first kappa shape index (κ1) is 16.5. The molecule has 5 heteroatoms. The second-order valence-corrected chi connectivity index (χ2v) is 4.79. The molecule has 0 saturated heterocycles. The van der Waals surface area contributed by atoms with Crippen LogP contribution in [0.4, 0.5) is 13.2 Å². The number of halogens is 3. The highest BCUT2D eigenvalue weighted by Gasteiger charge is 2.31. The van der Waals surface area contributed by atoms with Crippen LogP contribution in [0.2, 0.25) is 0 Å². The molecule has 1 aromatic rings. The molecule has 1 rings (SSSR count). The molecular formula is C15H19F3O2. The number of carbonyl (C=O) groups excluding carboxylic acids is 1. The van der Waals surface area contributed by atoms with E-state index in [1.54, 1.807) is 6.92 Å². The molecule has 112 valence electrons. The van der Waals surface area contributed by atoms with Crippen LogP contribution in [0.25, 0.3) is 0 Å². The van der Waals surface area contributed by atoms with Crippen LogP contribution in [0.3, 0.4) is 0 Å². The number of methoxy groups -OCH3 is 1. The van der Waals surface area contributed by atoms with E-state index in [4.69, 9.17) is 4.74 Å². The summed E-state index contributed by atoms with van der Waals surface area (Å²) >= 11 is 0. The smallest absolute Gasteiger partial charge is 0.416 e. The fourth-order valence-electron chi connectivity index (χ4n) is 2.19. The van der Waals surface area contributed by atoms with Crippen LogP contribution in [0.5, 0.6) is 0 Å². The molecule has 20 heavy (non-hydrogen) atoms. The highest BCUT2D eigenvalue weighted by molar-refractivity contribution is 5.78. The van der Waals surface area contributed by atoms with E-state index in [0.29, 0.717) is 17.5 Å². The van der Waals surface area contributed by atoms with Crippen molar-refractivity contribution in [2.45, 2.75) is 45.2 Å². The van der Waals surface area contributed by atoms with Gasteiger partial charge in [-0.1, -0.05) is 25.8 Å². The summed E-state index contributed by atoms with van der Waals surface area (Å²) in [6.45, 7) is 3.58. The zero-order valence-corrected chi connectivity index (χ0v) is 11.9. The lowest BCUT2D eigenvalue weighted by Gasteiger charge is -2.18. The minimum absolute atomic E-state index is 0.402. The summed E-state index contributed by atoms with van der Waals surface area (Å²) in [4.78, 5) is 11.8. The molecule has 0 aliphatic rings. The van der Waals surface area contributed by atoms with Crippen molar-refractivity contribution < 1.29 is 22.7 Å². The van der Waals surface area contributed by atoms with Gasteiger partial charge in [-0.3, -0.25) is 4.79 Å². The number of unbranched alkanes of at least 4 members (excludes halogenated alkanes) is 1. The van der Waals surface area contributed by atoms with Gasteiger partial charge >= 0.3 is 12.1 Å². The number of ether oxygens (including phenoxy) is 1. The van der Waals surface area contributed by atoms with E-state index < -0.39 is 23.6 Å². The monoisotopic (exact) mass is 288 g/mol. The molecule has 1 aromatic carbocycles. The van der Waals surface area contributed by atoms with Crippen LogP contribution in [0.1, 0.15) is 48.8 Å². The maximum absolute atomic E-state index is 12.6. The first-order chi connectivity index (χ1) is 9.31. The number of benzene rings is 1. The van der Waals surface area contributed by atoms with E-state index in [9.17, 15) is 18.0 Å². The Labute approximate surface area is 116 Å². The van der Waals surface area contributed by atoms with Crippen molar-refractivity contribution >= 4 is 5.97 Å². The number of hydrogen-bond donors (Lipinski definition) is 0. The third kappa shape index (κ3) is 3.99. The maximum Gasteiger partial charge on any atom is 0.416 e. The third-order valence-electron chi connectivity index (χ3n) is 3.30. The van der Waals surface area contributed by atoms with E-state index >= 15 is 0 Å². The van der Waals surface area contributed by atoms with Gasteiger partial charge in [0, 0.05) is 0 Å². The van der Waals surface area contributed by atoms with Gasteiger partial charge in [0.25, 0.3) is 0 Å². The minimum Gasteiger partial charge on any atom is -0.469 e. The predicted octanol–water partition coefficient (Wildman–Crippen LogP) is 4.46. The quantitative estimate of drug-likeness (QED) is 0.748. The summed E-state index contributed by atoms with van der Waals surface area (Å²) < 4.78 is 42.7. The number of rotatable bonds is 5. The minimum atomic E-state index is -4.37. The Morgan fingerprint density at radius 2 is 2.00 bits per heavy atom. The van der Waals surface area contributed by atoms with E-state index in [2.05, 4.69) is 0 Å². The molecule has 0 N–H and O–H groups in total. The maximum atomic E-state index is 12.6. The van der Waals surface area contributed by atoms with Gasteiger partial charge in [-0.15, -0.1) is 0 Å². The van der Waals surface area contributed by atoms with Crippen LogP contribution in [0.15, 0.2) is 18.2 Å². The fraction of sp³-hybridized carbons (Fsp3) is 0.533.